The van der Waals surface area contributed by atoms with Crippen LogP contribution >= 0.6 is 0 Å². The molecule has 2 atom stereocenters. The summed E-state index contributed by atoms with van der Waals surface area (Å²) in [7, 11) is 0. The zero-order valence-electron chi connectivity index (χ0n) is 11.4. The number of ether oxygens (including phenoxy) is 1. The number of carboxylic acids is 1. The minimum Gasteiger partial charge on any atom is -0.480 e. The molecule has 5 heteroatoms. The van der Waals surface area contributed by atoms with Crippen molar-refractivity contribution in [1.29, 1.82) is 0 Å². The van der Waals surface area contributed by atoms with E-state index in [4.69, 9.17) is 15.6 Å². The minimum atomic E-state index is -1.17. The van der Waals surface area contributed by atoms with Gasteiger partial charge in [0.1, 0.15) is 5.54 Å². The molecule has 5 nitrogen and oxygen atoms in total. The molecule has 102 valence electrons. The van der Waals surface area contributed by atoms with E-state index in [0.717, 1.165) is 13.1 Å². The van der Waals surface area contributed by atoms with Crippen LogP contribution in [0.3, 0.4) is 0 Å². The van der Waals surface area contributed by atoms with Gasteiger partial charge < -0.3 is 15.6 Å². The van der Waals surface area contributed by atoms with Gasteiger partial charge in [-0.05, 0) is 33.7 Å². The van der Waals surface area contributed by atoms with Crippen molar-refractivity contribution < 1.29 is 14.6 Å². The zero-order chi connectivity index (χ0) is 13.5. The third-order valence-corrected chi connectivity index (χ3v) is 2.96. The molecule has 0 aliphatic rings. The molecular formula is C12H26N2O3. The van der Waals surface area contributed by atoms with Crippen molar-refractivity contribution in [3.63, 3.8) is 0 Å². The first-order chi connectivity index (χ1) is 7.85. The molecule has 0 rings (SSSR count). The zero-order valence-corrected chi connectivity index (χ0v) is 11.4. The molecule has 0 aliphatic carbocycles. The molecule has 2 unspecified atom stereocenters. The van der Waals surface area contributed by atoms with Gasteiger partial charge in [0.25, 0.3) is 0 Å². The van der Waals surface area contributed by atoms with Crippen LogP contribution in [0, 0.1) is 0 Å². The highest BCUT2D eigenvalue weighted by Gasteiger charge is 2.31. The predicted molar refractivity (Wildman–Crippen MR) is 68.0 cm³/mol. The van der Waals surface area contributed by atoms with Gasteiger partial charge in [-0.15, -0.1) is 0 Å². The maximum atomic E-state index is 11.0. The topological polar surface area (TPSA) is 75.8 Å². The van der Waals surface area contributed by atoms with Crippen LogP contribution in [0.4, 0.5) is 0 Å². The molecule has 0 bridgehead atoms. The third kappa shape index (κ3) is 6.00. The van der Waals surface area contributed by atoms with E-state index < -0.39 is 11.5 Å². The number of likely N-dealkylation sites (N-methyl/N-ethyl adjacent to an activating group) is 1. The second kappa shape index (κ2) is 7.63. The van der Waals surface area contributed by atoms with Crippen molar-refractivity contribution in [3.05, 3.63) is 0 Å². The Bertz CT molecular complexity index is 232. The first kappa shape index (κ1) is 16.4. The lowest BCUT2D eigenvalue weighted by Crippen LogP contribution is -2.50. The van der Waals surface area contributed by atoms with E-state index in [2.05, 4.69) is 11.8 Å². The third-order valence-electron chi connectivity index (χ3n) is 2.96. The van der Waals surface area contributed by atoms with Crippen LogP contribution in [0.15, 0.2) is 0 Å². The Hall–Kier alpha value is -0.650. The summed E-state index contributed by atoms with van der Waals surface area (Å²) in [4.78, 5) is 13.1. The monoisotopic (exact) mass is 246 g/mol. The quantitative estimate of drug-likeness (QED) is 0.592. The number of aliphatic carboxylic acids is 1. The van der Waals surface area contributed by atoms with E-state index in [1.54, 1.807) is 6.92 Å². The lowest BCUT2D eigenvalue weighted by Gasteiger charge is -2.32. The molecule has 17 heavy (non-hydrogen) atoms. The van der Waals surface area contributed by atoms with Crippen LogP contribution in [-0.2, 0) is 9.53 Å². The number of hydrogen-bond acceptors (Lipinski definition) is 4. The molecule has 0 aromatic rings. The highest BCUT2D eigenvalue weighted by Crippen LogP contribution is 2.14. The van der Waals surface area contributed by atoms with Crippen molar-refractivity contribution in [2.45, 2.75) is 45.7 Å². The largest absolute Gasteiger partial charge is 0.480 e. The Morgan fingerprint density at radius 1 is 1.53 bits per heavy atom. The van der Waals surface area contributed by atoms with Crippen LogP contribution in [0.2, 0.25) is 0 Å². The van der Waals surface area contributed by atoms with E-state index >= 15 is 0 Å². The van der Waals surface area contributed by atoms with E-state index in [9.17, 15) is 4.79 Å². The van der Waals surface area contributed by atoms with Crippen molar-refractivity contribution in [2.75, 3.05) is 26.3 Å². The molecule has 0 saturated carbocycles. The highest BCUT2D eigenvalue weighted by atomic mass is 16.5. The lowest BCUT2D eigenvalue weighted by molar-refractivity contribution is -0.143. The molecular weight excluding hydrogens is 220 g/mol. The van der Waals surface area contributed by atoms with E-state index in [-0.39, 0.29) is 6.04 Å². The van der Waals surface area contributed by atoms with Gasteiger partial charge >= 0.3 is 5.97 Å². The number of nitrogens with two attached hydrogens (primary N) is 1. The number of nitrogens with zero attached hydrogens (tertiary/aromatic N) is 1. The maximum Gasteiger partial charge on any atom is 0.323 e. The fraction of sp³-hybridized carbons (Fsp3) is 0.917. The summed E-state index contributed by atoms with van der Waals surface area (Å²) in [6, 6.07) is 0.131. The molecule has 0 aromatic carbocycles. The average Bonchev–Trinajstić information content (AvgIpc) is 2.23. The highest BCUT2D eigenvalue weighted by molar-refractivity contribution is 5.77. The van der Waals surface area contributed by atoms with Gasteiger partial charge in [-0.25, -0.2) is 0 Å². The maximum absolute atomic E-state index is 11.0. The second-order valence-corrected chi connectivity index (χ2v) is 4.60. The molecule has 0 radical (unpaired) electrons. The summed E-state index contributed by atoms with van der Waals surface area (Å²) in [6.45, 7) is 10.6. The number of carbonyl (C=O) groups is 1. The first-order valence-corrected chi connectivity index (χ1v) is 6.19. The average molecular weight is 246 g/mol. The van der Waals surface area contributed by atoms with E-state index in [1.807, 2.05) is 13.8 Å². The fourth-order valence-corrected chi connectivity index (χ4v) is 1.85. The van der Waals surface area contributed by atoms with Gasteiger partial charge in [0.15, 0.2) is 0 Å². The summed E-state index contributed by atoms with van der Waals surface area (Å²) in [5.74, 6) is -0.954. The molecule has 0 aliphatic heterocycles. The molecule has 3 N–H and O–H groups in total. The van der Waals surface area contributed by atoms with Crippen LogP contribution in [-0.4, -0.2) is 53.9 Å². The Kier molecular flexibility index (Phi) is 7.34. The van der Waals surface area contributed by atoms with Gasteiger partial charge in [0.2, 0.25) is 0 Å². The normalized spacial score (nSPS) is 16.8. The SMILES string of the molecule is CCOCCN(CC)C(C)CC(C)(N)C(=O)O. The van der Waals surface area contributed by atoms with Gasteiger partial charge in [-0.1, -0.05) is 6.92 Å². The number of carboxylic acid groups (broad SMARTS) is 1. The Labute approximate surface area is 104 Å². The minimum absolute atomic E-state index is 0.131. The van der Waals surface area contributed by atoms with Crippen molar-refractivity contribution in [3.8, 4) is 0 Å². The van der Waals surface area contributed by atoms with Gasteiger partial charge in [0.05, 0.1) is 6.61 Å². The van der Waals surface area contributed by atoms with Gasteiger partial charge in [-0.3, -0.25) is 9.69 Å². The molecule has 0 heterocycles. The van der Waals surface area contributed by atoms with Crippen LogP contribution in [0.5, 0.6) is 0 Å². The molecule has 0 fully saturated rings. The summed E-state index contributed by atoms with van der Waals surface area (Å²) < 4.78 is 5.30. The summed E-state index contributed by atoms with van der Waals surface area (Å²) in [6.07, 6.45) is 0.433. The summed E-state index contributed by atoms with van der Waals surface area (Å²) in [5.41, 5.74) is 4.58. The first-order valence-electron chi connectivity index (χ1n) is 6.19. The van der Waals surface area contributed by atoms with E-state index in [1.165, 1.54) is 0 Å². The van der Waals surface area contributed by atoms with Gasteiger partial charge in [0, 0.05) is 19.2 Å². The van der Waals surface area contributed by atoms with Crippen LogP contribution in [0.1, 0.15) is 34.1 Å². The van der Waals surface area contributed by atoms with Crippen LogP contribution in [0.25, 0.3) is 0 Å². The Balaban J connectivity index is 4.24. The molecule has 0 aromatic heterocycles. The van der Waals surface area contributed by atoms with Gasteiger partial charge in [-0.2, -0.15) is 0 Å². The second-order valence-electron chi connectivity index (χ2n) is 4.60. The number of hydrogen-bond donors (Lipinski definition) is 2. The fourth-order valence-electron chi connectivity index (χ4n) is 1.85. The molecule has 0 spiro atoms. The summed E-state index contributed by atoms with van der Waals surface area (Å²) >= 11 is 0. The van der Waals surface area contributed by atoms with Crippen molar-refractivity contribution >= 4 is 5.97 Å². The number of rotatable bonds is 9. The summed E-state index contributed by atoms with van der Waals surface area (Å²) in [5, 5.41) is 8.99. The Morgan fingerprint density at radius 3 is 2.53 bits per heavy atom. The predicted octanol–water partition coefficient (Wildman–Crippen LogP) is 0.925. The van der Waals surface area contributed by atoms with E-state index in [0.29, 0.717) is 19.6 Å². The Morgan fingerprint density at radius 2 is 2.12 bits per heavy atom. The standard InChI is InChI=1S/C12H26N2O3/c1-5-14(7-8-17-6-2)10(3)9-12(4,13)11(15)16/h10H,5-9,13H2,1-4H3,(H,15,16). The smallest absolute Gasteiger partial charge is 0.323 e. The lowest BCUT2D eigenvalue weighted by atomic mass is 9.94. The molecule has 0 amide bonds. The van der Waals surface area contributed by atoms with Crippen LogP contribution < -0.4 is 5.73 Å². The van der Waals surface area contributed by atoms with Crippen molar-refractivity contribution in [1.82, 2.24) is 4.90 Å². The molecule has 0 saturated heterocycles. The van der Waals surface area contributed by atoms with Crippen molar-refractivity contribution in [2.24, 2.45) is 5.73 Å².